The first-order valence-corrected chi connectivity index (χ1v) is 11.3. The highest BCUT2D eigenvalue weighted by molar-refractivity contribution is 6.39. The smallest absolute Gasteiger partial charge is 0.196 e. The van der Waals surface area contributed by atoms with Crippen LogP contribution >= 0.6 is 0 Å². The van der Waals surface area contributed by atoms with Crippen LogP contribution in [-0.4, -0.2) is 19.0 Å². The van der Waals surface area contributed by atoms with Gasteiger partial charge in [0.2, 0.25) is 0 Å². The molecule has 7 aromatic rings. The number of carbonyl (C=O) groups excluding carboxylic acids is 1. The van der Waals surface area contributed by atoms with Crippen molar-refractivity contribution in [3.8, 4) is 0 Å². The lowest BCUT2D eigenvalue weighted by Gasteiger charge is -2.23. The van der Waals surface area contributed by atoms with Gasteiger partial charge >= 0.3 is 0 Å². The van der Waals surface area contributed by atoms with E-state index in [0.29, 0.717) is 0 Å². The van der Waals surface area contributed by atoms with E-state index in [2.05, 4.69) is 78.9 Å². The van der Waals surface area contributed by atoms with E-state index in [0.717, 1.165) is 21.9 Å². The molecule has 2 nitrogen and oxygen atoms in total. The molecule has 154 valence electrons. The summed E-state index contributed by atoms with van der Waals surface area (Å²) >= 11 is 0. The second kappa shape index (κ2) is 5.86. The number of Topliss-reactive ketones (excluding diaryl/α,β-unsaturated/α-hetero) is 1. The summed E-state index contributed by atoms with van der Waals surface area (Å²) in [5.74, 6) is 0.0314. The Kier molecular flexibility index (Phi) is 3.11. The van der Waals surface area contributed by atoms with Crippen molar-refractivity contribution in [3.63, 3.8) is 0 Å². The van der Waals surface area contributed by atoms with Crippen LogP contribution in [0.5, 0.6) is 0 Å². The third kappa shape index (κ3) is 2.05. The summed E-state index contributed by atoms with van der Waals surface area (Å²) in [4.78, 5) is 13.1. The fourth-order valence-electron chi connectivity index (χ4n) is 6.16. The van der Waals surface area contributed by atoms with Crippen LogP contribution in [0.1, 0.15) is 15.9 Å². The predicted octanol–water partition coefficient (Wildman–Crippen LogP) is 7.71. The van der Waals surface area contributed by atoms with Crippen LogP contribution in [0.3, 0.4) is 0 Å². The van der Waals surface area contributed by atoms with E-state index in [-0.39, 0.29) is 5.78 Å². The van der Waals surface area contributed by atoms with Gasteiger partial charge in [-0.2, -0.15) is 0 Å². The molecule has 0 saturated carbocycles. The monoisotopic (exact) mass is 422 g/mol. The molecule has 0 N–H and O–H groups in total. The summed E-state index contributed by atoms with van der Waals surface area (Å²) in [6, 6.07) is 26.5. The second-order valence-electron chi connectivity index (χ2n) is 9.19. The van der Waals surface area contributed by atoms with Gasteiger partial charge in [-0.25, -0.2) is 0 Å². The third-order valence-corrected chi connectivity index (χ3v) is 7.59. The van der Waals surface area contributed by atoms with Crippen molar-refractivity contribution in [1.29, 1.82) is 0 Å². The van der Waals surface area contributed by atoms with Crippen LogP contribution in [-0.2, 0) is 4.74 Å². The summed E-state index contributed by atoms with van der Waals surface area (Å²) in [6.45, 7) is 0. The largest absolute Gasteiger partial charge is 0.369 e. The Morgan fingerprint density at radius 3 is 2.03 bits per heavy atom. The van der Waals surface area contributed by atoms with Gasteiger partial charge in [0.15, 0.2) is 5.78 Å². The molecule has 0 aliphatic heterocycles. The summed E-state index contributed by atoms with van der Waals surface area (Å²) in [5, 5.41) is 15.1. The predicted molar refractivity (Wildman–Crippen MR) is 138 cm³/mol. The van der Waals surface area contributed by atoms with E-state index in [1.54, 1.807) is 7.11 Å². The topological polar surface area (TPSA) is 26.3 Å². The molecule has 0 aromatic heterocycles. The first kappa shape index (κ1) is 17.5. The maximum absolute atomic E-state index is 13.1. The molecule has 1 unspecified atom stereocenters. The Morgan fingerprint density at radius 1 is 0.636 bits per heavy atom. The molecule has 0 fully saturated rings. The van der Waals surface area contributed by atoms with Gasteiger partial charge in [-0.1, -0.05) is 54.6 Å². The summed E-state index contributed by atoms with van der Waals surface area (Å²) in [5.41, 5.74) is 1.75. The molecular formula is C31H18O2. The van der Waals surface area contributed by atoms with Gasteiger partial charge in [-0.3, -0.25) is 4.79 Å². The highest BCUT2D eigenvalue weighted by atomic mass is 16.5. The first-order chi connectivity index (χ1) is 16.2. The normalized spacial score (nSPS) is 16.4. The molecule has 0 heterocycles. The van der Waals surface area contributed by atoms with Crippen molar-refractivity contribution in [2.75, 3.05) is 7.11 Å². The molecule has 0 radical (unpaired) electrons. The molecule has 0 amide bonds. The van der Waals surface area contributed by atoms with Crippen molar-refractivity contribution >= 4 is 76.5 Å². The van der Waals surface area contributed by atoms with Crippen molar-refractivity contribution in [3.05, 3.63) is 90.0 Å². The van der Waals surface area contributed by atoms with Gasteiger partial charge in [0.05, 0.1) is 0 Å². The molecule has 0 saturated heterocycles. The van der Waals surface area contributed by atoms with Crippen molar-refractivity contribution in [2.24, 2.45) is 0 Å². The first-order valence-electron chi connectivity index (χ1n) is 11.3. The number of methoxy groups -OCH3 is 1. The fraction of sp³-hybridized carbons (Fsp3) is 0.0645. The lowest BCUT2D eigenvalue weighted by atomic mass is 9.81. The van der Waals surface area contributed by atoms with Gasteiger partial charge in [0, 0.05) is 12.7 Å². The Hall–Kier alpha value is -4.01. The minimum atomic E-state index is -0.510. The van der Waals surface area contributed by atoms with Crippen molar-refractivity contribution < 1.29 is 9.53 Å². The van der Waals surface area contributed by atoms with E-state index in [4.69, 9.17) is 4.74 Å². The lowest BCUT2D eigenvalue weighted by Crippen LogP contribution is -2.24. The van der Waals surface area contributed by atoms with E-state index < -0.39 is 6.10 Å². The van der Waals surface area contributed by atoms with E-state index in [9.17, 15) is 4.79 Å². The van der Waals surface area contributed by atoms with Crippen LogP contribution in [0.25, 0.3) is 70.7 Å². The van der Waals surface area contributed by atoms with Crippen LogP contribution in [0.2, 0.25) is 0 Å². The van der Waals surface area contributed by atoms with Gasteiger partial charge in [0.25, 0.3) is 0 Å². The standard InChI is InChI=1S/C31H18O2/c1-33-26-11-10-22-24-14-20-8-6-17-12-16-4-2-3-5-21(16)23-13-19-9-7-18(15-25(22)31(26)32)28(24)30(19)29(20)27(17)23/h2-15,26H,1H3. The number of ketones is 1. The summed E-state index contributed by atoms with van der Waals surface area (Å²) in [7, 11) is 1.59. The van der Waals surface area contributed by atoms with Gasteiger partial charge in [0.1, 0.15) is 6.10 Å². The maximum Gasteiger partial charge on any atom is 0.196 e. The number of ether oxygens (including phenoxy) is 1. The molecular weight excluding hydrogens is 404 g/mol. The van der Waals surface area contributed by atoms with E-state index in [1.807, 2.05) is 6.08 Å². The molecule has 1 atom stereocenters. The zero-order valence-electron chi connectivity index (χ0n) is 18.0. The SMILES string of the molecule is COC1C=Cc2c(cc3ccc4cc5c6ccccc6cc6ccc7cc2c3c4c7c65)C1=O. The minimum Gasteiger partial charge on any atom is -0.369 e. The zero-order valence-corrected chi connectivity index (χ0v) is 18.0. The van der Waals surface area contributed by atoms with Gasteiger partial charge < -0.3 is 4.74 Å². The zero-order chi connectivity index (χ0) is 21.8. The molecule has 2 heteroatoms. The molecule has 8 rings (SSSR count). The summed E-state index contributed by atoms with van der Waals surface area (Å²) in [6.07, 6.45) is 3.43. The van der Waals surface area contributed by atoms with Crippen molar-refractivity contribution in [2.45, 2.75) is 6.10 Å². The maximum atomic E-state index is 13.1. The molecule has 7 aromatic carbocycles. The number of hydrogen-bond acceptors (Lipinski definition) is 2. The quantitative estimate of drug-likeness (QED) is 0.200. The Labute approximate surface area is 189 Å². The third-order valence-electron chi connectivity index (χ3n) is 7.59. The van der Waals surface area contributed by atoms with Gasteiger partial charge in [-0.15, -0.1) is 0 Å². The molecule has 0 bridgehead atoms. The second-order valence-corrected chi connectivity index (χ2v) is 9.19. The highest BCUT2D eigenvalue weighted by Crippen LogP contribution is 2.47. The number of carbonyl (C=O) groups is 1. The lowest BCUT2D eigenvalue weighted by molar-refractivity contribution is 0.0717. The van der Waals surface area contributed by atoms with E-state index >= 15 is 0 Å². The fourth-order valence-corrected chi connectivity index (χ4v) is 6.16. The Bertz CT molecular complexity index is 1980. The number of fused-ring (bicyclic) bond motifs is 4. The average Bonchev–Trinajstić information content (AvgIpc) is 2.85. The van der Waals surface area contributed by atoms with E-state index in [1.165, 1.54) is 53.9 Å². The molecule has 0 spiro atoms. The number of rotatable bonds is 1. The molecule has 1 aliphatic rings. The number of benzene rings is 7. The Morgan fingerprint density at radius 2 is 1.27 bits per heavy atom. The van der Waals surface area contributed by atoms with Crippen LogP contribution in [0.15, 0.2) is 78.9 Å². The Balaban J connectivity index is 1.65. The average molecular weight is 422 g/mol. The van der Waals surface area contributed by atoms with Crippen LogP contribution in [0, 0.1) is 0 Å². The molecule has 1 aliphatic carbocycles. The minimum absolute atomic E-state index is 0.0314. The highest BCUT2D eigenvalue weighted by Gasteiger charge is 2.27. The van der Waals surface area contributed by atoms with Crippen molar-refractivity contribution in [1.82, 2.24) is 0 Å². The summed E-state index contributed by atoms with van der Waals surface area (Å²) < 4.78 is 5.40. The molecule has 33 heavy (non-hydrogen) atoms. The van der Waals surface area contributed by atoms with Gasteiger partial charge in [-0.05, 0) is 101 Å². The number of hydrogen-bond donors (Lipinski definition) is 0. The van der Waals surface area contributed by atoms with Crippen LogP contribution < -0.4 is 0 Å². The van der Waals surface area contributed by atoms with Crippen LogP contribution in [0.4, 0.5) is 0 Å².